The van der Waals surface area contributed by atoms with E-state index in [1.807, 2.05) is 15.6 Å². The summed E-state index contributed by atoms with van der Waals surface area (Å²) in [5, 5.41) is 7.99. The quantitative estimate of drug-likeness (QED) is 0.755. The predicted molar refractivity (Wildman–Crippen MR) is 112 cm³/mol. The largest absolute Gasteiger partial charge is 0.431 e. The molecule has 170 valence electrons. The molecule has 0 aromatic carbocycles. The Morgan fingerprint density at radius 2 is 2.03 bits per heavy atom. The van der Waals surface area contributed by atoms with Gasteiger partial charge in [0.1, 0.15) is 0 Å². The first kappa shape index (κ1) is 19.8. The van der Waals surface area contributed by atoms with Crippen molar-refractivity contribution in [2.45, 2.75) is 62.6 Å². The van der Waals surface area contributed by atoms with Crippen LogP contribution in [0.1, 0.15) is 44.2 Å². The van der Waals surface area contributed by atoms with E-state index in [1.54, 1.807) is 0 Å². The minimum Gasteiger partial charge on any atom is -0.431 e. The zero-order valence-electron chi connectivity index (χ0n) is 17.7. The number of rotatable bonds is 4. The Morgan fingerprint density at radius 3 is 2.72 bits per heavy atom. The maximum Gasteiger partial charge on any atom is 0.387 e. The normalized spacial score (nSPS) is 27.1. The van der Waals surface area contributed by atoms with Gasteiger partial charge in [-0.15, -0.1) is 0 Å². The number of hydrogen-bond acceptors (Lipinski definition) is 5. The zero-order valence-corrected chi connectivity index (χ0v) is 17.7. The third kappa shape index (κ3) is 3.02. The van der Waals surface area contributed by atoms with Gasteiger partial charge in [0.25, 0.3) is 0 Å². The molecule has 1 spiro atoms. The molecule has 2 aromatic heterocycles. The van der Waals surface area contributed by atoms with Crippen LogP contribution in [0.3, 0.4) is 0 Å². The van der Waals surface area contributed by atoms with Crippen LogP contribution in [0.5, 0.6) is 5.75 Å². The van der Waals surface area contributed by atoms with Gasteiger partial charge < -0.3 is 20.7 Å². The number of hydrogen-bond donors (Lipinski definition) is 2. The third-order valence-corrected chi connectivity index (χ3v) is 7.91. The van der Waals surface area contributed by atoms with E-state index < -0.39 is 6.61 Å². The number of pyridine rings is 1. The van der Waals surface area contributed by atoms with E-state index >= 15 is 0 Å². The Morgan fingerprint density at radius 1 is 1.25 bits per heavy atom. The minimum atomic E-state index is -2.98. The highest BCUT2D eigenvalue weighted by Crippen LogP contribution is 2.48. The number of ether oxygens (including phenoxy) is 1. The second kappa shape index (κ2) is 6.79. The van der Waals surface area contributed by atoms with Gasteiger partial charge >= 0.3 is 12.6 Å². The van der Waals surface area contributed by atoms with Crippen molar-refractivity contribution < 1.29 is 18.3 Å². The topological polar surface area (TPSA) is 98.3 Å². The number of likely N-dealkylation sites (tertiary alicyclic amines) is 1. The molecular formula is C22H26F2N6O2. The van der Waals surface area contributed by atoms with Crippen LogP contribution >= 0.6 is 0 Å². The lowest BCUT2D eigenvalue weighted by Crippen LogP contribution is -2.64. The van der Waals surface area contributed by atoms with Crippen LogP contribution in [0.4, 0.5) is 19.4 Å². The molecule has 0 unspecified atom stereocenters. The van der Waals surface area contributed by atoms with Crippen molar-refractivity contribution in [2.24, 2.45) is 5.92 Å². The molecule has 10 heteroatoms. The summed E-state index contributed by atoms with van der Waals surface area (Å²) in [7, 11) is 0. The molecule has 6 rings (SSSR count). The molecule has 0 radical (unpaired) electrons. The highest BCUT2D eigenvalue weighted by molar-refractivity contribution is 5.77. The molecular weight excluding hydrogens is 418 g/mol. The Kier molecular flexibility index (Phi) is 4.19. The number of fused-ring (bicyclic) bond motifs is 4. The summed E-state index contributed by atoms with van der Waals surface area (Å²) in [6, 6.07) is 3.46. The molecule has 8 nitrogen and oxygen atoms in total. The van der Waals surface area contributed by atoms with E-state index in [2.05, 4.69) is 20.1 Å². The number of anilines is 1. The zero-order chi connectivity index (χ0) is 22.1. The maximum atomic E-state index is 12.9. The van der Waals surface area contributed by atoms with Crippen LogP contribution in [0.2, 0.25) is 0 Å². The summed E-state index contributed by atoms with van der Waals surface area (Å²) in [6.45, 7) is -0.873. The van der Waals surface area contributed by atoms with Gasteiger partial charge in [-0.25, -0.2) is 9.78 Å². The molecule has 32 heavy (non-hydrogen) atoms. The van der Waals surface area contributed by atoms with Gasteiger partial charge in [-0.1, -0.05) is 0 Å². The average molecular weight is 444 g/mol. The van der Waals surface area contributed by atoms with Crippen LogP contribution in [0, 0.1) is 5.92 Å². The van der Waals surface area contributed by atoms with E-state index in [1.165, 1.54) is 25.1 Å². The van der Waals surface area contributed by atoms with Crippen molar-refractivity contribution in [2.75, 3.05) is 18.8 Å². The van der Waals surface area contributed by atoms with Crippen LogP contribution in [-0.2, 0) is 12.0 Å². The summed E-state index contributed by atoms with van der Waals surface area (Å²) in [6.07, 6.45) is 8.24. The molecule has 2 bridgehead atoms. The Balaban J connectivity index is 1.17. The Bertz CT molecular complexity index is 1070. The summed E-state index contributed by atoms with van der Waals surface area (Å²) in [5.41, 5.74) is 7.85. The van der Waals surface area contributed by atoms with E-state index in [0.717, 1.165) is 43.8 Å². The smallest absolute Gasteiger partial charge is 0.387 e. The number of carbonyl (C=O) groups excluding carboxylic acids is 1. The number of nitrogen functional groups attached to an aromatic ring is 1. The van der Waals surface area contributed by atoms with Gasteiger partial charge in [-0.05, 0) is 56.6 Å². The molecule has 2 saturated carbocycles. The van der Waals surface area contributed by atoms with E-state index in [0.29, 0.717) is 24.3 Å². The number of urea groups is 1. The average Bonchev–Trinajstić information content (AvgIpc) is 3.47. The van der Waals surface area contributed by atoms with Crippen LogP contribution < -0.4 is 15.8 Å². The molecule has 3 fully saturated rings. The van der Waals surface area contributed by atoms with Crippen molar-refractivity contribution in [1.82, 2.24) is 25.0 Å². The van der Waals surface area contributed by atoms with Crippen molar-refractivity contribution in [1.29, 1.82) is 0 Å². The number of aryl methyl sites for hydroxylation is 1. The Labute approximate surface area is 184 Å². The fourth-order valence-corrected chi connectivity index (χ4v) is 6.21. The molecule has 1 saturated heterocycles. The first-order valence-electron chi connectivity index (χ1n) is 11.2. The predicted octanol–water partition coefficient (Wildman–Crippen LogP) is 3.13. The van der Waals surface area contributed by atoms with Crippen LogP contribution in [-0.4, -0.2) is 50.9 Å². The minimum absolute atomic E-state index is 0.0231. The van der Waals surface area contributed by atoms with Gasteiger partial charge in [-0.3, -0.25) is 4.68 Å². The molecule has 2 amide bonds. The number of nitrogens with one attached hydrogen (secondary N) is 1. The molecule has 2 aliphatic heterocycles. The van der Waals surface area contributed by atoms with E-state index in [-0.39, 0.29) is 28.6 Å². The lowest BCUT2D eigenvalue weighted by Gasteiger charge is -2.48. The van der Waals surface area contributed by atoms with Crippen molar-refractivity contribution >= 4 is 11.8 Å². The first-order valence-corrected chi connectivity index (χ1v) is 11.2. The standard InChI is InChI=1S/C22H26F2N6O2/c23-19(24)32-16-7-14(10-26-18(16)25)15-8-17-21(5-6-30(17)28-15)11-29(12-21)20(31)27-22-3-1-13(9-22)2-4-22/h7-8,10,13,19H,1-6,9,11-12H2,(H2,25,26)(H,27,31). The molecule has 0 atom stereocenters. The highest BCUT2D eigenvalue weighted by atomic mass is 19.3. The number of amides is 2. The van der Waals surface area contributed by atoms with Gasteiger partial charge in [0.2, 0.25) is 0 Å². The van der Waals surface area contributed by atoms with Crippen LogP contribution in [0.15, 0.2) is 18.3 Å². The second-order valence-electron chi connectivity index (χ2n) is 9.87. The fraction of sp³-hybridized carbons (Fsp3) is 0.591. The van der Waals surface area contributed by atoms with E-state index in [4.69, 9.17) is 5.73 Å². The third-order valence-electron chi connectivity index (χ3n) is 7.91. The van der Waals surface area contributed by atoms with Crippen molar-refractivity contribution in [3.63, 3.8) is 0 Å². The van der Waals surface area contributed by atoms with Crippen molar-refractivity contribution in [3.05, 3.63) is 24.0 Å². The summed E-state index contributed by atoms with van der Waals surface area (Å²) in [4.78, 5) is 18.8. The lowest BCUT2D eigenvalue weighted by molar-refractivity contribution is -0.0494. The van der Waals surface area contributed by atoms with E-state index in [9.17, 15) is 13.6 Å². The Hall–Kier alpha value is -2.91. The number of halogens is 2. The molecule has 2 aliphatic carbocycles. The van der Waals surface area contributed by atoms with Gasteiger partial charge in [0.05, 0.1) is 5.69 Å². The number of nitrogens with two attached hydrogens (primary N) is 1. The number of alkyl halides is 2. The summed E-state index contributed by atoms with van der Waals surface area (Å²) < 4.78 is 31.7. The van der Waals surface area contributed by atoms with Gasteiger partial charge in [-0.2, -0.15) is 13.9 Å². The number of aromatic nitrogens is 3. The lowest BCUT2D eigenvalue weighted by atomic mass is 9.76. The summed E-state index contributed by atoms with van der Waals surface area (Å²) in [5.74, 6) is 0.538. The highest BCUT2D eigenvalue weighted by Gasteiger charge is 2.53. The number of carbonyl (C=O) groups is 1. The second-order valence-corrected chi connectivity index (χ2v) is 9.87. The molecule has 3 N–H and O–H groups in total. The monoisotopic (exact) mass is 444 g/mol. The van der Waals surface area contributed by atoms with Crippen LogP contribution in [0.25, 0.3) is 11.3 Å². The molecule has 4 aliphatic rings. The molecule has 2 aromatic rings. The first-order chi connectivity index (χ1) is 15.3. The SMILES string of the molecule is Nc1ncc(-c2cc3n(n2)CCC32CN(C(=O)NC34CCC(CC3)C4)C2)cc1OC(F)F. The van der Waals surface area contributed by atoms with Crippen molar-refractivity contribution in [3.8, 4) is 17.0 Å². The fourth-order valence-electron chi connectivity index (χ4n) is 6.21. The molecule has 4 heterocycles. The summed E-state index contributed by atoms with van der Waals surface area (Å²) >= 11 is 0. The van der Waals surface area contributed by atoms with Gasteiger partial charge in [0.15, 0.2) is 11.6 Å². The van der Waals surface area contributed by atoms with Gasteiger partial charge in [0, 0.05) is 48.0 Å². The maximum absolute atomic E-state index is 12.9. The number of nitrogens with zero attached hydrogens (tertiary/aromatic N) is 4.